The summed E-state index contributed by atoms with van der Waals surface area (Å²) < 4.78 is 17.1. The molecule has 4 nitrogen and oxygen atoms in total. The van der Waals surface area contributed by atoms with Crippen LogP contribution in [0.4, 0.5) is 0 Å². The van der Waals surface area contributed by atoms with Crippen LogP contribution in [0.5, 0.6) is 0 Å². The molecule has 1 atom stereocenters. The quantitative estimate of drug-likeness (QED) is 0.244. The first-order valence-corrected chi connectivity index (χ1v) is 11.9. The van der Waals surface area contributed by atoms with E-state index >= 15 is 0 Å². The molecule has 166 valence electrons. The second-order valence-corrected chi connectivity index (χ2v) is 8.71. The number of unbranched alkanes of at least 4 members (excludes halogenated alkanes) is 3. The highest BCUT2D eigenvalue weighted by molar-refractivity contribution is 5.89. The van der Waals surface area contributed by atoms with Gasteiger partial charge in [-0.15, -0.1) is 6.58 Å². The monoisotopic (exact) mass is 414 g/mol. The Labute approximate surface area is 182 Å². The standard InChI is InChI=1S/C26H38O4/c1-2-21-13-17-24(18-14-21)30-26(27)23-15-11-22(12-16-23)9-5-3-4-7-19-28-25-10-6-8-20-29-25/h2,11-12,15-16,21,24-25H,1,3-10,13-14,17-20H2. The maximum atomic E-state index is 12.4. The molecule has 0 bridgehead atoms. The average Bonchev–Trinajstić information content (AvgIpc) is 2.80. The SMILES string of the molecule is C=CC1CCC(OC(=O)c2ccc(CCCCCCOC3CCCCO3)cc2)CC1. The molecule has 0 N–H and O–H groups in total. The highest BCUT2D eigenvalue weighted by atomic mass is 16.7. The van der Waals surface area contributed by atoms with Crippen LogP contribution in [-0.4, -0.2) is 31.6 Å². The first kappa shape index (κ1) is 23.0. The summed E-state index contributed by atoms with van der Waals surface area (Å²) in [6, 6.07) is 7.94. The number of carbonyl (C=O) groups is 1. The summed E-state index contributed by atoms with van der Waals surface area (Å²) >= 11 is 0. The molecular weight excluding hydrogens is 376 g/mol. The molecule has 4 heteroatoms. The molecule has 2 fully saturated rings. The molecule has 0 amide bonds. The topological polar surface area (TPSA) is 44.8 Å². The van der Waals surface area contributed by atoms with E-state index in [-0.39, 0.29) is 18.4 Å². The third-order valence-electron chi connectivity index (χ3n) is 6.32. The third kappa shape index (κ3) is 7.88. The second kappa shape index (κ2) is 12.9. The van der Waals surface area contributed by atoms with E-state index in [1.807, 2.05) is 18.2 Å². The summed E-state index contributed by atoms with van der Waals surface area (Å²) in [7, 11) is 0. The van der Waals surface area contributed by atoms with E-state index < -0.39 is 0 Å². The summed E-state index contributed by atoms with van der Waals surface area (Å²) in [5, 5.41) is 0. The van der Waals surface area contributed by atoms with Crippen LogP contribution in [0.1, 0.15) is 86.6 Å². The Morgan fingerprint density at radius 3 is 2.47 bits per heavy atom. The van der Waals surface area contributed by atoms with Crippen LogP contribution in [0.25, 0.3) is 0 Å². The summed E-state index contributed by atoms with van der Waals surface area (Å²) in [6.45, 7) is 5.51. The van der Waals surface area contributed by atoms with E-state index in [9.17, 15) is 4.79 Å². The molecule has 1 saturated heterocycles. The van der Waals surface area contributed by atoms with Crippen molar-refractivity contribution in [1.82, 2.24) is 0 Å². The van der Waals surface area contributed by atoms with Gasteiger partial charge in [0, 0.05) is 13.2 Å². The minimum Gasteiger partial charge on any atom is -0.459 e. The van der Waals surface area contributed by atoms with Crippen molar-refractivity contribution in [3.63, 3.8) is 0 Å². The summed E-state index contributed by atoms with van der Waals surface area (Å²) in [4.78, 5) is 12.4. The lowest BCUT2D eigenvalue weighted by molar-refractivity contribution is -0.162. The van der Waals surface area contributed by atoms with Crippen molar-refractivity contribution in [3.05, 3.63) is 48.0 Å². The number of carbonyl (C=O) groups excluding carboxylic acids is 1. The minimum atomic E-state index is -0.189. The van der Waals surface area contributed by atoms with Gasteiger partial charge in [0.15, 0.2) is 6.29 Å². The van der Waals surface area contributed by atoms with Crippen LogP contribution < -0.4 is 0 Å². The fourth-order valence-corrected chi connectivity index (χ4v) is 4.31. The zero-order chi connectivity index (χ0) is 21.0. The molecule has 2 aliphatic rings. The lowest BCUT2D eigenvalue weighted by Crippen LogP contribution is -2.23. The molecule has 1 aromatic carbocycles. The van der Waals surface area contributed by atoms with E-state index in [1.165, 1.54) is 31.2 Å². The van der Waals surface area contributed by atoms with Gasteiger partial charge in [-0.2, -0.15) is 0 Å². The van der Waals surface area contributed by atoms with Crippen molar-refractivity contribution in [1.29, 1.82) is 0 Å². The second-order valence-electron chi connectivity index (χ2n) is 8.71. The lowest BCUT2D eigenvalue weighted by atomic mass is 9.87. The number of aryl methyl sites for hydroxylation is 1. The molecule has 30 heavy (non-hydrogen) atoms. The Morgan fingerprint density at radius 2 is 1.77 bits per heavy atom. The molecule has 0 aromatic heterocycles. The van der Waals surface area contributed by atoms with Gasteiger partial charge in [0.25, 0.3) is 0 Å². The van der Waals surface area contributed by atoms with Crippen LogP contribution in [-0.2, 0) is 20.6 Å². The number of allylic oxidation sites excluding steroid dienone is 1. The number of hydrogen-bond acceptors (Lipinski definition) is 4. The summed E-state index contributed by atoms with van der Waals surface area (Å²) in [6.07, 6.45) is 15.3. The van der Waals surface area contributed by atoms with Crippen molar-refractivity contribution in [3.8, 4) is 0 Å². The number of rotatable bonds is 11. The van der Waals surface area contributed by atoms with E-state index in [0.717, 1.165) is 64.6 Å². The Balaban J connectivity index is 1.26. The van der Waals surface area contributed by atoms with Crippen molar-refractivity contribution >= 4 is 5.97 Å². The van der Waals surface area contributed by atoms with Gasteiger partial charge in [-0.05, 0) is 87.8 Å². The predicted molar refractivity (Wildman–Crippen MR) is 120 cm³/mol. The highest BCUT2D eigenvalue weighted by Crippen LogP contribution is 2.27. The van der Waals surface area contributed by atoms with Gasteiger partial charge < -0.3 is 14.2 Å². The van der Waals surface area contributed by atoms with E-state index in [4.69, 9.17) is 14.2 Å². The fourth-order valence-electron chi connectivity index (χ4n) is 4.31. The van der Waals surface area contributed by atoms with Crippen molar-refractivity contribution < 1.29 is 19.0 Å². The number of esters is 1. The van der Waals surface area contributed by atoms with Crippen LogP contribution in [0.2, 0.25) is 0 Å². The van der Waals surface area contributed by atoms with Crippen LogP contribution in [0.15, 0.2) is 36.9 Å². The van der Waals surface area contributed by atoms with E-state index in [2.05, 4.69) is 18.7 Å². The first-order valence-electron chi connectivity index (χ1n) is 11.9. The van der Waals surface area contributed by atoms with Gasteiger partial charge in [0.1, 0.15) is 6.10 Å². The Morgan fingerprint density at radius 1 is 1.00 bits per heavy atom. The fraction of sp³-hybridized carbons (Fsp3) is 0.654. The van der Waals surface area contributed by atoms with E-state index in [1.54, 1.807) is 0 Å². The molecule has 1 aliphatic carbocycles. The van der Waals surface area contributed by atoms with Crippen molar-refractivity contribution in [2.24, 2.45) is 5.92 Å². The number of benzene rings is 1. The van der Waals surface area contributed by atoms with Gasteiger partial charge in [-0.3, -0.25) is 0 Å². The molecule has 3 rings (SSSR count). The van der Waals surface area contributed by atoms with Crippen molar-refractivity contribution in [2.45, 2.75) is 89.4 Å². The summed E-state index contributed by atoms with van der Waals surface area (Å²) in [5.74, 6) is 0.392. The highest BCUT2D eigenvalue weighted by Gasteiger charge is 2.22. The molecular formula is C26H38O4. The first-order chi connectivity index (χ1) is 14.7. The minimum absolute atomic E-state index is 0.0335. The summed E-state index contributed by atoms with van der Waals surface area (Å²) in [5.41, 5.74) is 1.94. The van der Waals surface area contributed by atoms with Crippen molar-refractivity contribution in [2.75, 3.05) is 13.2 Å². The van der Waals surface area contributed by atoms with Gasteiger partial charge in [-0.1, -0.05) is 31.1 Å². The third-order valence-corrected chi connectivity index (χ3v) is 6.32. The van der Waals surface area contributed by atoms with Crippen LogP contribution >= 0.6 is 0 Å². The van der Waals surface area contributed by atoms with Crippen LogP contribution in [0.3, 0.4) is 0 Å². The van der Waals surface area contributed by atoms with Gasteiger partial charge in [0.2, 0.25) is 0 Å². The lowest BCUT2D eigenvalue weighted by Gasteiger charge is -2.26. The molecule has 1 saturated carbocycles. The van der Waals surface area contributed by atoms with Crippen LogP contribution in [0, 0.1) is 5.92 Å². The maximum Gasteiger partial charge on any atom is 0.338 e. The molecule has 1 unspecified atom stereocenters. The Bertz CT molecular complexity index is 625. The van der Waals surface area contributed by atoms with Gasteiger partial charge in [0.05, 0.1) is 5.56 Å². The maximum absolute atomic E-state index is 12.4. The molecule has 0 spiro atoms. The largest absolute Gasteiger partial charge is 0.459 e. The normalized spacial score (nSPS) is 24.3. The molecule has 1 aliphatic heterocycles. The number of hydrogen-bond donors (Lipinski definition) is 0. The van der Waals surface area contributed by atoms with E-state index in [0.29, 0.717) is 11.5 Å². The zero-order valence-electron chi connectivity index (χ0n) is 18.4. The Hall–Kier alpha value is -1.65. The zero-order valence-corrected chi connectivity index (χ0v) is 18.4. The van der Waals surface area contributed by atoms with Gasteiger partial charge in [-0.25, -0.2) is 4.79 Å². The molecule has 1 aromatic rings. The number of ether oxygens (including phenoxy) is 3. The van der Waals surface area contributed by atoms with Gasteiger partial charge >= 0.3 is 5.97 Å². The molecule has 0 radical (unpaired) electrons. The Kier molecular flexibility index (Phi) is 9.91. The average molecular weight is 415 g/mol. The predicted octanol–water partition coefficient (Wildman–Crippen LogP) is 6.23. The smallest absolute Gasteiger partial charge is 0.338 e. The molecule has 1 heterocycles.